The van der Waals surface area contributed by atoms with Crippen molar-refractivity contribution in [1.82, 2.24) is 0 Å². The second-order valence-corrected chi connectivity index (χ2v) is 2.10. The number of rotatable bonds is 0. The van der Waals surface area contributed by atoms with Gasteiger partial charge >= 0.3 is 0 Å². The third-order valence-electron chi connectivity index (χ3n) is 1.33. The van der Waals surface area contributed by atoms with Gasteiger partial charge in [-0.25, -0.2) is 0 Å². The topological polar surface area (TPSA) is 0 Å². The van der Waals surface area contributed by atoms with Crippen molar-refractivity contribution in [2.75, 3.05) is 0 Å². The van der Waals surface area contributed by atoms with Crippen LogP contribution in [0.5, 0.6) is 0 Å². The van der Waals surface area contributed by atoms with Crippen LogP contribution in [0, 0.1) is 0 Å². The summed E-state index contributed by atoms with van der Waals surface area (Å²) in [5.74, 6) is 0. The largest absolute Gasteiger partial charge is 0.153 e. The van der Waals surface area contributed by atoms with Gasteiger partial charge < -0.3 is 0 Å². The minimum absolute atomic E-state index is 0. The Balaban J connectivity index is 0.000000640. The molecule has 0 aliphatic heterocycles. The van der Waals surface area contributed by atoms with Gasteiger partial charge in [0.2, 0.25) is 0 Å². The average Bonchev–Trinajstić information content (AvgIpc) is 1.62. The van der Waals surface area contributed by atoms with E-state index in [4.69, 9.17) is 0 Å². The SMILES string of the molecule is C1=CCCC=CCC1.P. The molecule has 0 saturated heterocycles. The average molecular weight is 142 g/mol. The molecule has 0 N–H and O–H groups in total. The van der Waals surface area contributed by atoms with Crippen LogP contribution in [0.2, 0.25) is 0 Å². The van der Waals surface area contributed by atoms with Gasteiger partial charge in [0.05, 0.1) is 0 Å². The van der Waals surface area contributed by atoms with E-state index in [-0.39, 0.29) is 9.90 Å². The molecule has 1 heteroatoms. The van der Waals surface area contributed by atoms with Crippen LogP contribution in [0.15, 0.2) is 24.3 Å². The maximum absolute atomic E-state index is 2.27. The molecule has 1 aliphatic rings. The molecule has 1 aliphatic carbocycles. The van der Waals surface area contributed by atoms with Gasteiger partial charge in [0.25, 0.3) is 0 Å². The summed E-state index contributed by atoms with van der Waals surface area (Å²) in [5.41, 5.74) is 0. The number of hydrogen-bond acceptors (Lipinski definition) is 0. The van der Waals surface area contributed by atoms with E-state index < -0.39 is 0 Å². The molecule has 1 rings (SSSR count). The molecule has 52 valence electrons. The van der Waals surface area contributed by atoms with Gasteiger partial charge in [-0.3, -0.25) is 0 Å². The lowest BCUT2D eigenvalue weighted by Crippen LogP contribution is -1.71. The van der Waals surface area contributed by atoms with Gasteiger partial charge in [0.15, 0.2) is 0 Å². The van der Waals surface area contributed by atoms with E-state index in [2.05, 4.69) is 24.3 Å². The molecule has 0 saturated carbocycles. The maximum Gasteiger partial charge on any atom is -0.0316 e. The summed E-state index contributed by atoms with van der Waals surface area (Å²) >= 11 is 0. The summed E-state index contributed by atoms with van der Waals surface area (Å²) in [5, 5.41) is 0. The molecule has 0 bridgehead atoms. The molecule has 0 aromatic carbocycles. The van der Waals surface area contributed by atoms with E-state index in [0.29, 0.717) is 0 Å². The van der Waals surface area contributed by atoms with Crippen molar-refractivity contribution in [3.63, 3.8) is 0 Å². The predicted octanol–water partition coefficient (Wildman–Crippen LogP) is 2.73. The van der Waals surface area contributed by atoms with Gasteiger partial charge in [-0.1, -0.05) is 24.3 Å². The number of hydrogen-bond donors (Lipinski definition) is 0. The zero-order valence-electron chi connectivity index (χ0n) is 5.84. The predicted molar refractivity (Wildman–Crippen MR) is 47.9 cm³/mol. The summed E-state index contributed by atoms with van der Waals surface area (Å²) < 4.78 is 0. The minimum Gasteiger partial charge on any atom is -0.153 e. The lowest BCUT2D eigenvalue weighted by molar-refractivity contribution is 0.962. The fourth-order valence-corrected chi connectivity index (χ4v) is 0.856. The summed E-state index contributed by atoms with van der Waals surface area (Å²) in [7, 11) is 0. The number of allylic oxidation sites excluding steroid dienone is 4. The van der Waals surface area contributed by atoms with E-state index in [1.807, 2.05) is 0 Å². The maximum atomic E-state index is 2.27. The van der Waals surface area contributed by atoms with Crippen LogP contribution >= 0.6 is 9.90 Å². The molecule has 0 radical (unpaired) electrons. The molecule has 0 spiro atoms. The van der Waals surface area contributed by atoms with Crippen molar-refractivity contribution in [3.8, 4) is 0 Å². The lowest BCUT2D eigenvalue weighted by Gasteiger charge is -1.92. The third-order valence-corrected chi connectivity index (χ3v) is 1.33. The van der Waals surface area contributed by atoms with E-state index >= 15 is 0 Å². The summed E-state index contributed by atoms with van der Waals surface area (Å²) in [4.78, 5) is 0. The molecule has 0 heterocycles. The Hall–Kier alpha value is -0.0900. The summed E-state index contributed by atoms with van der Waals surface area (Å²) in [6, 6.07) is 0. The van der Waals surface area contributed by atoms with E-state index in [9.17, 15) is 0 Å². The van der Waals surface area contributed by atoms with Crippen molar-refractivity contribution in [2.24, 2.45) is 0 Å². The Morgan fingerprint density at radius 2 is 0.778 bits per heavy atom. The summed E-state index contributed by atoms with van der Waals surface area (Å²) in [6.07, 6.45) is 14.0. The monoisotopic (exact) mass is 142 g/mol. The third kappa shape index (κ3) is 4.42. The Bertz CT molecular complexity index is 77.1. The van der Waals surface area contributed by atoms with Crippen molar-refractivity contribution < 1.29 is 0 Å². The zero-order chi connectivity index (χ0) is 5.66. The fourth-order valence-electron chi connectivity index (χ4n) is 0.856. The minimum atomic E-state index is 0. The second-order valence-electron chi connectivity index (χ2n) is 2.10. The van der Waals surface area contributed by atoms with Crippen LogP contribution in [-0.4, -0.2) is 0 Å². The lowest BCUT2D eigenvalue weighted by atomic mass is 10.1. The Kier molecular flexibility index (Phi) is 5.98. The van der Waals surface area contributed by atoms with E-state index in [0.717, 1.165) is 0 Å². The van der Waals surface area contributed by atoms with Crippen LogP contribution in [0.3, 0.4) is 0 Å². The highest BCUT2D eigenvalue weighted by Gasteiger charge is 1.81. The Morgan fingerprint density at radius 3 is 1.00 bits per heavy atom. The highest BCUT2D eigenvalue weighted by Crippen LogP contribution is 2.02. The van der Waals surface area contributed by atoms with Crippen LogP contribution in [0.1, 0.15) is 25.7 Å². The highest BCUT2D eigenvalue weighted by atomic mass is 31.0. The first-order valence-electron chi connectivity index (χ1n) is 3.30. The van der Waals surface area contributed by atoms with Crippen molar-refractivity contribution in [1.29, 1.82) is 0 Å². The molecule has 0 fully saturated rings. The Labute approximate surface area is 60.7 Å². The molecule has 1 atom stereocenters. The quantitative estimate of drug-likeness (QED) is 0.360. The smallest absolute Gasteiger partial charge is 0.0316 e. The fraction of sp³-hybridized carbons (Fsp3) is 0.500. The molecule has 1 unspecified atom stereocenters. The normalized spacial score (nSPS) is 17.8. The molecule has 0 aromatic rings. The van der Waals surface area contributed by atoms with Crippen LogP contribution in [0.25, 0.3) is 0 Å². The van der Waals surface area contributed by atoms with Gasteiger partial charge in [-0.05, 0) is 25.7 Å². The van der Waals surface area contributed by atoms with E-state index in [1.165, 1.54) is 25.7 Å². The van der Waals surface area contributed by atoms with Crippen LogP contribution in [0.4, 0.5) is 0 Å². The van der Waals surface area contributed by atoms with Gasteiger partial charge in [0.1, 0.15) is 0 Å². The second kappa shape index (κ2) is 6.04. The molecule has 0 nitrogen and oxygen atoms in total. The van der Waals surface area contributed by atoms with Gasteiger partial charge in [-0.2, -0.15) is 9.90 Å². The van der Waals surface area contributed by atoms with Gasteiger partial charge in [0, 0.05) is 0 Å². The first kappa shape index (κ1) is 8.91. The van der Waals surface area contributed by atoms with Crippen LogP contribution < -0.4 is 0 Å². The first-order chi connectivity index (χ1) is 4.00. The highest BCUT2D eigenvalue weighted by molar-refractivity contribution is 6.92. The van der Waals surface area contributed by atoms with Crippen molar-refractivity contribution in [3.05, 3.63) is 24.3 Å². The van der Waals surface area contributed by atoms with E-state index in [1.54, 1.807) is 0 Å². The van der Waals surface area contributed by atoms with Crippen molar-refractivity contribution in [2.45, 2.75) is 25.7 Å². The molecule has 0 amide bonds. The summed E-state index contributed by atoms with van der Waals surface area (Å²) in [6.45, 7) is 0. The Morgan fingerprint density at radius 1 is 0.556 bits per heavy atom. The van der Waals surface area contributed by atoms with Crippen LogP contribution in [-0.2, 0) is 0 Å². The molecular formula is C8H15P. The standard InChI is InChI=1S/C8H12.H3P/c1-2-4-6-8-7-5-3-1;/h1-2,7-8H,3-6H2;1H3. The van der Waals surface area contributed by atoms with Gasteiger partial charge in [-0.15, -0.1) is 0 Å². The molecule has 9 heavy (non-hydrogen) atoms. The zero-order valence-corrected chi connectivity index (χ0v) is 7.26. The van der Waals surface area contributed by atoms with Crippen molar-refractivity contribution >= 4 is 9.90 Å². The first-order valence-corrected chi connectivity index (χ1v) is 3.30. The molecular weight excluding hydrogens is 127 g/mol. The molecule has 0 aromatic heterocycles.